The quantitative estimate of drug-likeness (QED) is 0.791. The maximum atomic E-state index is 13.5. The van der Waals surface area contributed by atoms with Crippen LogP contribution < -0.4 is 10.1 Å². The third-order valence-corrected chi connectivity index (χ3v) is 3.04. The summed E-state index contributed by atoms with van der Waals surface area (Å²) in [6.07, 6.45) is 0.911. The fourth-order valence-corrected chi connectivity index (χ4v) is 1.86. The first-order valence-corrected chi connectivity index (χ1v) is 7.18. The van der Waals surface area contributed by atoms with Crippen LogP contribution in [0, 0.1) is 5.82 Å². The summed E-state index contributed by atoms with van der Waals surface area (Å²) < 4.78 is 23.9. The van der Waals surface area contributed by atoms with Gasteiger partial charge in [-0.25, -0.2) is 9.18 Å². The van der Waals surface area contributed by atoms with E-state index in [4.69, 9.17) is 9.47 Å². The molecule has 4 nitrogen and oxygen atoms in total. The van der Waals surface area contributed by atoms with E-state index in [-0.39, 0.29) is 19.8 Å². The third kappa shape index (κ3) is 5.47. The minimum absolute atomic E-state index is 0.210. The van der Waals surface area contributed by atoms with Crippen LogP contribution in [0.3, 0.4) is 0 Å². The molecule has 0 radical (unpaired) electrons. The van der Waals surface area contributed by atoms with E-state index in [0.717, 1.165) is 5.56 Å². The van der Waals surface area contributed by atoms with Gasteiger partial charge in [0.1, 0.15) is 24.8 Å². The molecule has 0 fully saturated rings. The van der Waals surface area contributed by atoms with Crippen LogP contribution in [0.2, 0.25) is 0 Å². The van der Waals surface area contributed by atoms with Gasteiger partial charge in [0.25, 0.3) is 0 Å². The van der Waals surface area contributed by atoms with Gasteiger partial charge in [0.2, 0.25) is 0 Å². The summed E-state index contributed by atoms with van der Waals surface area (Å²) in [4.78, 5) is 11.5. The van der Waals surface area contributed by atoms with Gasteiger partial charge in [-0.2, -0.15) is 0 Å². The topological polar surface area (TPSA) is 47.6 Å². The number of carbonyl (C=O) groups is 1. The molecule has 1 amide bonds. The molecule has 1 N–H and O–H groups in total. The normalized spacial score (nSPS) is 9.96. The lowest BCUT2D eigenvalue weighted by atomic mass is 10.2. The molecule has 0 bridgehead atoms. The van der Waals surface area contributed by atoms with E-state index in [0.29, 0.717) is 11.3 Å². The van der Waals surface area contributed by atoms with Crippen molar-refractivity contribution in [2.45, 2.75) is 6.61 Å². The fourth-order valence-electron chi connectivity index (χ4n) is 1.86. The van der Waals surface area contributed by atoms with Gasteiger partial charge in [-0.05, 0) is 17.7 Å². The lowest BCUT2D eigenvalue weighted by molar-refractivity contribution is 0.137. The first-order valence-electron chi connectivity index (χ1n) is 7.18. The van der Waals surface area contributed by atoms with Gasteiger partial charge >= 0.3 is 6.09 Å². The first kappa shape index (κ1) is 16.5. The van der Waals surface area contributed by atoms with Crippen LogP contribution in [0.15, 0.2) is 55.1 Å². The Morgan fingerprint density at radius 1 is 1.22 bits per heavy atom. The number of benzene rings is 2. The number of halogens is 1. The van der Waals surface area contributed by atoms with Crippen LogP contribution in [-0.2, 0) is 11.3 Å². The molecule has 0 heterocycles. The molecule has 120 valence electrons. The van der Waals surface area contributed by atoms with E-state index < -0.39 is 11.9 Å². The zero-order chi connectivity index (χ0) is 16.5. The number of hydrogen-bond donors (Lipinski definition) is 1. The zero-order valence-electron chi connectivity index (χ0n) is 12.6. The molecule has 2 aromatic carbocycles. The van der Waals surface area contributed by atoms with Crippen LogP contribution in [0.25, 0.3) is 6.08 Å². The number of alkyl carbamates (subject to hydrolysis) is 1. The van der Waals surface area contributed by atoms with Crippen molar-refractivity contribution in [1.29, 1.82) is 0 Å². The summed E-state index contributed by atoms with van der Waals surface area (Å²) >= 11 is 0. The number of hydrogen-bond acceptors (Lipinski definition) is 3. The molecule has 23 heavy (non-hydrogen) atoms. The van der Waals surface area contributed by atoms with Crippen LogP contribution in [0.5, 0.6) is 5.75 Å². The lowest BCUT2D eigenvalue weighted by Gasteiger charge is -2.09. The third-order valence-electron chi connectivity index (χ3n) is 3.04. The highest BCUT2D eigenvalue weighted by atomic mass is 19.1. The summed E-state index contributed by atoms with van der Waals surface area (Å²) in [6, 6.07) is 13.9. The molecule has 0 saturated heterocycles. The van der Waals surface area contributed by atoms with Crippen LogP contribution in [0.4, 0.5) is 9.18 Å². The van der Waals surface area contributed by atoms with E-state index in [1.807, 2.05) is 30.3 Å². The van der Waals surface area contributed by atoms with Gasteiger partial charge in [0.15, 0.2) is 0 Å². The summed E-state index contributed by atoms with van der Waals surface area (Å²) in [5.41, 5.74) is 1.33. The zero-order valence-corrected chi connectivity index (χ0v) is 12.6. The summed E-state index contributed by atoms with van der Waals surface area (Å²) in [5, 5.41) is 2.56. The molecule has 0 spiro atoms. The lowest BCUT2D eigenvalue weighted by Crippen LogP contribution is -2.28. The van der Waals surface area contributed by atoms with Crippen molar-refractivity contribution in [2.75, 3.05) is 13.2 Å². The van der Waals surface area contributed by atoms with Gasteiger partial charge in [-0.3, -0.25) is 0 Å². The number of rotatable bonds is 7. The Labute approximate surface area is 134 Å². The molecular formula is C18H18FNO3. The largest absolute Gasteiger partial charge is 0.492 e. The predicted octanol–water partition coefficient (Wildman–Crippen LogP) is 3.77. The van der Waals surface area contributed by atoms with E-state index in [1.54, 1.807) is 12.1 Å². The average molecular weight is 315 g/mol. The van der Waals surface area contributed by atoms with Gasteiger partial charge in [0.05, 0.1) is 6.54 Å². The summed E-state index contributed by atoms with van der Waals surface area (Å²) in [6.45, 7) is 4.20. The fraction of sp³-hybridized carbons (Fsp3) is 0.167. The molecule has 0 aliphatic rings. The monoisotopic (exact) mass is 315 g/mol. The standard InChI is InChI=1S/C18H18FNO3/c1-2-15-8-9-16(12-17(15)19)22-11-10-20-18(21)23-13-14-6-4-3-5-7-14/h2-9,12H,1,10-11,13H2,(H,20,21). The van der Waals surface area contributed by atoms with Crippen molar-refractivity contribution in [2.24, 2.45) is 0 Å². The molecule has 0 aromatic heterocycles. The van der Waals surface area contributed by atoms with Gasteiger partial charge in [-0.1, -0.05) is 43.0 Å². The summed E-state index contributed by atoms with van der Waals surface area (Å²) in [7, 11) is 0. The minimum atomic E-state index is -0.523. The molecule has 2 rings (SSSR count). The number of ether oxygens (including phenoxy) is 2. The highest BCUT2D eigenvalue weighted by molar-refractivity contribution is 5.67. The molecular weight excluding hydrogens is 297 g/mol. The van der Waals surface area contributed by atoms with E-state index >= 15 is 0 Å². The average Bonchev–Trinajstić information content (AvgIpc) is 2.58. The second-order valence-electron chi connectivity index (χ2n) is 4.72. The smallest absolute Gasteiger partial charge is 0.407 e. The molecule has 0 saturated carbocycles. The van der Waals surface area contributed by atoms with Crippen molar-refractivity contribution in [3.05, 3.63) is 72.1 Å². The maximum Gasteiger partial charge on any atom is 0.407 e. The van der Waals surface area contributed by atoms with Crippen LogP contribution in [-0.4, -0.2) is 19.2 Å². The van der Waals surface area contributed by atoms with Gasteiger partial charge in [0, 0.05) is 11.6 Å². The van der Waals surface area contributed by atoms with Crippen molar-refractivity contribution < 1.29 is 18.7 Å². The van der Waals surface area contributed by atoms with E-state index in [2.05, 4.69) is 11.9 Å². The van der Waals surface area contributed by atoms with E-state index in [1.165, 1.54) is 12.1 Å². The Morgan fingerprint density at radius 2 is 2.00 bits per heavy atom. The second kappa shape index (κ2) is 8.58. The number of nitrogens with one attached hydrogen (secondary N) is 1. The van der Waals surface area contributed by atoms with Crippen molar-refractivity contribution in [3.63, 3.8) is 0 Å². The van der Waals surface area contributed by atoms with Crippen molar-refractivity contribution >= 4 is 12.2 Å². The molecule has 0 aliphatic heterocycles. The molecule has 0 aliphatic carbocycles. The van der Waals surface area contributed by atoms with E-state index in [9.17, 15) is 9.18 Å². The van der Waals surface area contributed by atoms with Crippen molar-refractivity contribution in [1.82, 2.24) is 5.32 Å². The van der Waals surface area contributed by atoms with Crippen molar-refractivity contribution in [3.8, 4) is 5.75 Å². The Morgan fingerprint density at radius 3 is 2.70 bits per heavy atom. The molecule has 5 heteroatoms. The second-order valence-corrected chi connectivity index (χ2v) is 4.72. The Kier molecular flexibility index (Phi) is 6.17. The molecule has 0 unspecified atom stereocenters. The number of amides is 1. The van der Waals surface area contributed by atoms with Gasteiger partial charge in [-0.15, -0.1) is 0 Å². The Hall–Kier alpha value is -2.82. The first-order chi connectivity index (χ1) is 11.2. The molecule has 2 aromatic rings. The Bertz CT molecular complexity index is 659. The SMILES string of the molecule is C=Cc1ccc(OCCNC(=O)OCc2ccccc2)cc1F. The highest BCUT2D eigenvalue weighted by Crippen LogP contribution is 2.17. The van der Waals surface area contributed by atoms with Gasteiger partial charge < -0.3 is 14.8 Å². The number of carbonyl (C=O) groups excluding carboxylic acids is 1. The predicted molar refractivity (Wildman–Crippen MR) is 86.6 cm³/mol. The maximum absolute atomic E-state index is 13.5. The highest BCUT2D eigenvalue weighted by Gasteiger charge is 2.04. The Balaban J connectivity index is 1.66. The van der Waals surface area contributed by atoms with Crippen LogP contribution >= 0.6 is 0 Å². The minimum Gasteiger partial charge on any atom is -0.492 e. The van der Waals surface area contributed by atoms with Crippen LogP contribution in [0.1, 0.15) is 11.1 Å². The summed E-state index contributed by atoms with van der Waals surface area (Å²) in [5.74, 6) is 0.000262. The molecule has 0 atom stereocenters.